The molecular formula is C13H18ClN7. The van der Waals surface area contributed by atoms with E-state index in [1.54, 1.807) is 23.3 Å². The number of imidazole rings is 1. The molecular weight excluding hydrogens is 290 g/mol. The van der Waals surface area contributed by atoms with E-state index in [0.29, 0.717) is 24.0 Å². The molecule has 0 aromatic carbocycles. The Morgan fingerprint density at radius 3 is 2.62 bits per heavy atom. The van der Waals surface area contributed by atoms with Gasteiger partial charge in [0.25, 0.3) is 0 Å². The van der Waals surface area contributed by atoms with Gasteiger partial charge in [0.2, 0.25) is 17.2 Å². The Kier molecular flexibility index (Phi) is 4.03. The topological polar surface area (TPSA) is 71.8 Å². The quantitative estimate of drug-likeness (QED) is 0.938. The molecule has 1 aliphatic heterocycles. The van der Waals surface area contributed by atoms with Crippen LogP contribution in [0.3, 0.4) is 0 Å². The van der Waals surface area contributed by atoms with Crippen molar-refractivity contribution in [3.05, 3.63) is 24.0 Å². The number of hydrazine groups is 1. The average Bonchev–Trinajstić information content (AvgIpc) is 2.97. The molecule has 0 spiro atoms. The van der Waals surface area contributed by atoms with E-state index in [0.717, 1.165) is 12.8 Å². The lowest BCUT2D eigenvalue weighted by Gasteiger charge is -2.38. The number of halogens is 1. The van der Waals surface area contributed by atoms with Crippen molar-refractivity contribution < 1.29 is 0 Å². The van der Waals surface area contributed by atoms with Gasteiger partial charge in [-0.2, -0.15) is 15.0 Å². The molecule has 0 aliphatic carbocycles. The first kappa shape index (κ1) is 14.2. The summed E-state index contributed by atoms with van der Waals surface area (Å²) in [5, 5.41) is 2.35. The van der Waals surface area contributed by atoms with Gasteiger partial charge in [-0.3, -0.25) is 9.99 Å². The van der Waals surface area contributed by atoms with E-state index in [9.17, 15) is 0 Å². The summed E-state index contributed by atoms with van der Waals surface area (Å²) in [6.45, 7) is 4.39. The lowest BCUT2D eigenvalue weighted by molar-refractivity contribution is 0.134. The maximum Gasteiger partial charge on any atom is 0.243 e. The molecule has 0 radical (unpaired) electrons. The molecule has 2 atom stereocenters. The molecule has 21 heavy (non-hydrogen) atoms. The second-order valence-corrected chi connectivity index (χ2v) is 5.68. The minimum Gasteiger partial charge on any atom is -0.286 e. The van der Waals surface area contributed by atoms with Crippen molar-refractivity contribution in [2.45, 2.75) is 45.2 Å². The number of aromatic nitrogens is 5. The number of hydrogen-bond acceptors (Lipinski definition) is 6. The highest BCUT2D eigenvalue weighted by atomic mass is 35.5. The van der Waals surface area contributed by atoms with Gasteiger partial charge in [-0.15, -0.1) is 0 Å². The third kappa shape index (κ3) is 3.14. The van der Waals surface area contributed by atoms with Crippen molar-refractivity contribution >= 4 is 17.5 Å². The first-order chi connectivity index (χ1) is 10.1. The van der Waals surface area contributed by atoms with Gasteiger partial charge < -0.3 is 0 Å². The summed E-state index contributed by atoms with van der Waals surface area (Å²) >= 11 is 6.00. The monoisotopic (exact) mass is 307 g/mol. The summed E-state index contributed by atoms with van der Waals surface area (Å²) < 4.78 is 1.70. The largest absolute Gasteiger partial charge is 0.286 e. The second kappa shape index (κ2) is 5.95. The molecule has 2 aromatic rings. The third-order valence-corrected chi connectivity index (χ3v) is 3.92. The molecule has 0 bridgehead atoms. The standard InChI is InChI=1S/C13H18ClN7/c1-9-4-3-5-10(2)21(9)19-12-16-11(14)17-13(18-12)20-7-6-15-8-20/h6-10H,3-5H2,1-2H3,(H,16,17,18,19). The summed E-state index contributed by atoms with van der Waals surface area (Å²) in [4.78, 5) is 16.7. The van der Waals surface area contributed by atoms with Crippen molar-refractivity contribution in [1.29, 1.82) is 0 Å². The molecule has 7 nitrogen and oxygen atoms in total. The van der Waals surface area contributed by atoms with Crippen LogP contribution >= 0.6 is 11.6 Å². The van der Waals surface area contributed by atoms with Gasteiger partial charge in [0.05, 0.1) is 0 Å². The zero-order valence-corrected chi connectivity index (χ0v) is 12.8. The Balaban J connectivity index is 1.85. The van der Waals surface area contributed by atoms with Crippen LogP contribution in [0, 0.1) is 0 Å². The third-order valence-electron chi connectivity index (χ3n) is 3.75. The Hall–Kier alpha value is -1.73. The van der Waals surface area contributed by atoms with Crippen molar-refractivity contribution in [3.63, 3.8) is 0 Å². The van der Waals surface area contributed by atoms with Crippen molar-refractivity contribution in [2.75, 3.05) is 5.43 Å². The zero-order valence-electron chi connectivity index (χ0n) is 12.1. The Bertz CT molecular complexity index is 591. The maximum atomic E-state index is 6.00. The van der Waals surface area contributed by atoms with E-state index >= 15 is 0 Å². The predicted octanol–water partition coefficient (Wildman–Crippen LogP) is 2.30. The lowest BCUT2D eigenvalue weighted by Crippen LogP contribution is -2.47. The zero-order chi connectivity index (χ0) is 14.8. The minimum absolute atomic E-state index is 0.161. The van der Waals surface area contributed by atoms with Crippen LogP contribution in [0.1, 0.15) is 33.1 Å². The number of anilines is 1. The molecule has 0 saturated carbocycles. The fourth-order valence-corrected chi connectivity index (χ4v) is 2.80. The number of hydrogen-bond donors (Lipinski definition) is 1. The van der Waals surface area contributed by atoms with Crippen LogP contribution in [0.4, 0.5) is 5.95 Å². The predicted molar refractivity (Wildman–Crippen MR) is 80.2 cm³/mol. The van der Waals surface area contributed by atoms with Gasteiger partial charge in [-0.1, -0.05) is 6.42 Å². The summed E-state index contributed by atoms with van der Waals surface area (Å²) in [5.41, 5.74) is 3.28. The molecule has 1 N–H and O–H groups in total. The first-order valence-electron chi connectivity index (χ1n) is 7.08. The Morgan fingerprint density at radius 1 is 1.19 bits per heavy atom. The summed E-state index contributed by atoms with van der Waals surface area (Å²) in [5.74, 6) is 0.909. The van der Waals surface area contributed by atoms with Crippen molar-refractivity contribution in [1.82, 2.24) is 29.5 Å². The van der Waals surface area contributed by atoms with Gasteiger partial charge in [0.1, 0.15) is 6.33 Å². The number of nitrogens with zero attached hydrogens (tertiary/aromatic N) is 6. The van der Waals surface area contributed by atoms with Gasteiger partial charge in [0.15, 0.2) is 0 Å². The molecule has 1 saturated heterocycles. The summed E-state index contributed by atoms with van der Waals surface area (Å²) in [6, 6.07) is 0.863. The Labute approximate surface area is 128 Å². The van der Waals surface area contributed by atoms with Crippen molar-refractivity contribution in [3.8, 4) is 5.95 Å². The van der Waals surface area contributed by atoms with Crippen LogP contribution in [-0.2, 0) is 0 Å². The number of piperidine rings is 1. The molecule has 1 fully saturated rings. The summed E-state index contributed by atoms with van der Waals surface area (Å²) in [7, 11) is 0. The van der Waals surface area contributed by atoms with E-state index in [1.165, 1.54) is 6.42 Å². The smallest absolute Gasteiger partial charge is 0.243 e. The van der Waals surface area contributed by atoms with Crippen LogP contribution < -0.4 is 5.43 Å². The van der Waals surface area contributed by atoms with E-state index in [4.69, 9.17) is 11.6 Å². The van der Waals surface area contributed by atoms with E-state index in [-0.39, 0.29) is 5.28 Å². The molecule has 112 valence electrons. The molecule has 1 aliphatic rings. The molecule has 8 heteroatoms. The van der Waals surface area contributed by atoms with Crippen LogP contribution in [0.25, 0.3) is 5.95 Å². The summed E-state index contributed by atoms with van der Waals surface area (Å²) in [6.07, 6.45) is 8.62. The highest BCUT2D eigenvalue weighted by molar-refractivity contribution is 6.28. The fourth-order valence-electron chi connectivity index (χ4n) is 2.64. The first-order valence-corrected chi connectivity index (χ1v) is 7.46. The van der Waals surface area contributed by atoms with Crippen LogP contribution in [-0.4, -0.2) is 41.6 Å². The molecule has 3 heterocycles. The molecule has 2 unspecified atom stereocenters. The number of rotatable bonds is 3. The van der Waals surface area contributed by atoms with Gasteiger partial charge in [-0.25, -0.2) is 9.99 Å². The highest BCUT2D eigenvalue weighted by Gasteiger charge is 2.25. The van der Waals surface area contributed by atoms with Gasteiger partial charge in [-0.05, 0) is 38.3 Å². The molecule has 0 amide bonds. The van der Waals surface area contributed by atoms with Crippen LogP contribution in [0.2, 0.25) is 5.28 Å². The van der Waals surface area contributed by atoms with E-state index < -0.39 is 0 Å². The lowest BCUT2D eigenvalue weighted by atomic mass is 10.00. The normalized spacial score (nSPS) is 23.2. The fraction of sp³-hybridized carbons (Fsp3) is 0.538. The molecule has 3 rings (SSSR count). The average molecular weight is 308 g/mol. The van der Waals surface area contributed by atoms with E-state index in [1.807, 2.05) is 0 Å². The molecule has 2 aromatic heterocycles. The van der Waals surface area contributed by atoms with Crippen molar-refractivity contribution in [2.24, 2.45) is 0 Å². The van der Waals surface area contributed by atoms with Gasteiger partial charge >= 0.3 is 0 Å². The maximum absolute atomic E-state index is 6.00. The van der Waals surface area contributed by atoms with Gasteiger partial charge in [0, 0.05) is 24.5 Å². The SMILES string of the molecule is CC1CCCC(C)N1Nc1nc(Cl)nc(-n2ccnc2)n1. The number of nitrogens with one attached hydrogen (secondary N) is 1. The minimum atomic E-state index is 0.161. The second-order valence-electron chi connectivity index (χ2n) is 5.35. The Morgan fingerprint density at radius 2 is 1.95 bits per heavy atom. The van der Waals surface area contributed by atoms with Crippen LogP contribution in [0.5, 0.6) is 0 Å². The highest BCUT2D eigenvalue weighted by Crippen LogP contribution is 2.22. The van der Waals surface area contributed by atoms with Crippen LogP contribution in [0.15, 0.2) is 18.7 Å². The van der Waals surface area contributed by atoms with E-state index in [2.05, 4.69) is 44.2 Å².